The topological polar surface area (TPSA) is 13.0 Å². The van der Waals surface area contributed by atoms with Crippen molar-refractivity contribution in [3.05, 3.63) is 223 Å². The van der Waals surface area contributed by atoms with E-state index in [1.165, 1.54) is 133 Å². The minimum atomic E-state index is -0.0682. The molecular formula is C69H55B3N4S. The van der Waals surface area contributed by atoms with Gasteiger partial charge in [-0.3, -0.25) is 0 Å². The summed E-state index contributed by atoms with van der Waals surface area (Å²) < 4.78 is 0. The van der Waals surface area contributed by atoms with Crippen LogP contribution in [0.3, 0.4) is 0 Å². The lowest BCUT2D eigenvalue weighted by molar-refractivity contribution is 0.812. The maximum Gasteiger partial charge on any atom is 0.252 e. The first kappa shape index (κ1) is 45.2. The van der Waals surface area contributed by atoms with Crippen molar-refractivity contribution in [1.29, 1.82) is 0 Å². The van der Waals surface area contributed by atoms with Gasteiger partial charge in [-0.15, -0.1) is 0 Å². The number of anilines is 12. The first-order valence-corrected chi connectivity index (χ1v) is 28.6. The van der Waals surface area contributed by atoms with Gasteiger partial charge in [0.15, 0.2) is 0 Å². The molecule has 6 heterocycles. The maximum atomic E-state index is 2.70. The van der Waals surface area contributed by atoms with E-state index in [1.54, 1.807) is 0 Å². The smallest absolute Gasteiger partial charge is 0.252 e. The predicted molar refractivity (Wildman–Crippen MR) is 332 cm³/mol. The lowest BCUT2D eigenvalue weighted by Gasteiger charge is -2.52. The van der Waals surface area contributed by atoms with E-state index in [9.17, 15) is 0 Å². The van der Waals surface area contributed by atoms with Crippen molar-refractivity contribution < 1.29 is 0 Å². The van der Waals surface area contributed by atoms with Crippen molar-refractivity contribution in [1.82, 2.24) is 0 Å². The molecule has 6 aliphatic rings. The van der Waals surface area contributed by atoms with Crippen molar-refractivity contribution in [3.63, 3.8) is 0 Å². The van der Waals surface area contributed by atoms with Crippen molar-refractivity contribution in [3.8, 4) is 0 Å². The number of nitrogens with zero attached hydrogens (tertiary/aromatic N) is 4. The quantitative estimate of drug-likeness (QED) is 0.154. The van der Waals surface area contributed by atoms with Crippen molar-refractivity contribution in [2.24, 2.45) is 0 Å². The van der Waals surface area contributed by atoms with Gasteiger partial charge >= 0.3 is 0 Å². The van der Waals surface area contributed by atoms with Gasteiger partial charge < -0.3 is 19.6 Å². The summed E-state index contributed by atoms with van der Waals surface area (Å²) >= 11 is 1.90. The van der Waals surface area contributed by atoms with Crippen LogP contribution < -0.4 is 68.8 Å². The summed E-state index contributed by atoms with van der Waals surface area (Å²) in [7, 11) is 0. The SMILES string of the molecule is CC(C)c1cc(C(C)C)c(B2c3ccccc3N(c3ccccc3)c3cc4c(cc32)B2c3ccccc3N3c5ccccc5B5c6cccc7c6N(c6ccccc6S7)c6cc(c2c3c65)N4c2ccccc2)c(C(C)C)c1. The van der Waals surface area contributed by atoms with Crippen molar-refractivity contribution in [2.45, 2.75) is 69.1 Å². The van der Waals surface area contributed by atoms with Crippen LogP contribution in [0.4, 0.5) is 68.2 Å². The van der Waals surface area contributed by atoms with Gasteiger partial charge in [-0.2, -0.15) is 0 Å². The summed E-state index contributed by atoms with van der Waals surface area (Å²) in [4.78, 5) is 13.1. The zero-order valence-electron chi connectivity index (χ0n) is 44.3. The van der Waals surface area contributed by atoms with E-state index in [1.807, 2.05) is 11.8 Å². The van der Waals surface area contributed by atoms with Gasteiger partial charge in [0.05, 0.1) is 11.4 Å². The molecule has 16 rings (SSSR count). The lowest BCUT2D eigenvalue weighted by Crippen LogP contribution is -2.69. The Labute approximate surface area is 458 Å². The van der Waals surface area contributed by atoms with Crippen LogP contribution in [0.15, 0.2) is 216 Å². The zero-order chi connectivity index (χ0) is 51.5. The fraction of sp³-hybridized carbons (Fsp3) is 0.130. The molecule has 6 aliphatic heterocycles. The molecule has 8 heteroatoms. The van der Waals surface area contributed by atoms with Crippen LogP contribution >= 0.6 is 11.8 Å². The Bertz CT molecular complexity index is 4110. The van der Waals surface area contributed by atoms with E-state index in [-0.39, 0.29) is 20.1 Å². The fourth-order valence-electron chi connectivity index (χ4n) is 14.6. The second-order valence-corrected chi connectivity index (χ2v) is 24.0. The Morgan fingerprint density at radius 1 is 0.299 bits per heavy atom. The average molecular weight is 1000 g/mol. The standard InChI is InChI=1S/C69H55B3N4S/c1-41(2)44-36-47(42(3)4)65(48(37-44)43(5)6)71-49-26-13-16-30-55(49)73(45-22-9-7-10-23-45)59-39-60-54(38-53(59)71)72-51-28-15-18-32-57(51)75-56-31-17-14-27-50(56)70-52-29-21-35-64-68(52)76(58-33-19-20-34-63(58)77-64)62-40-61(66(72)69(75)67(62)70)74(60)46-24-11-8-12-25-46/h7-43H,1-6H3. The largest absolute Gasteiger partial charge is 0.312 e. The van der Waals surface area contributed by atoms with Gasteiger partial charge in [-0.05, 0) is 151 Å². The summed E-state index contributed by atoms with van der Waals surface area (Å²) in [5, 5.41) is 0. The molecule has 0 atom stereocenters. The third-order valence-electron chi connectivity index (χ3n) is 17.7. The molecule has 77 heavy (non-hydrogen) atoms. The second kappa shape index (κ2) is 16.7. The molecule has 0 fully saturated rings. The molecule has 0 spiro atoms. The maximum absolute atomic E-state index is 2.70. The summed E-state index contributed by atoms with van der Waals surface area (Å²) in [6.45, 7) is 14.3. The summed E-state index contributed by atoms with van der Waals surface area (Å²) in [5.41, 5.74) is 31.5. The molecule has 10 aromatic rings. The Kier molecular flexibility index (Phi) is 9.81. The highest BCUT2D eigenvalue weighted by atomic mass is 32.2. The number of hydrogen-bond donors (Lipinski definition) is 0. The molecule has 10 aromatic carbocycles. The molecule has 0 aliphatic carbocycles. The summed E-state index contributed by atoms with van der Waals surface area (Å²) in [5.74, 6) is 1.05. The van der Waals surface area contributed by atoms with Crippen molar-refractivity contribution in [2.75, 3.05) is 19.6 Å². The Hall–Kier alpha value is -8.06. The highest BCUT2D eigenvalue weighted by Crippen LogP contribution is 2.56. The van der Waals surface area contributed by atoms with Gasteiger partial charge in [0.1, 0.15) is 0 Å². The molecule has 0 aromatic heterocycles. The van der Waals surface area contributed by atoms with E-state index in [0.29, 0.717) is 17.8 Å². The molecule has 0 unspecified atom stereocenters. The van der Waals surface area contributed by atoms with E-state index in [2.05, 4.69) is 267 Å². The highest BCUT2D eigenvalue weighted by molar-refractivity contribution is 7.99. The first-order valence-electron chi connectivity index (χ1n) is 27.8. The van der Waals surface area contributed by atoms with E-state index < -0.39 is 0 Å². The summed E-state index contributed by atoms with van der Waals surface area (Å²) in [6, 6.07) is 79.4. The molecule has 0 bridgehead atoms. The van der Waals surface area contributed by atoms with Crippen LogP contribution in [0.1, 0.15) is 76.0 Å². The Morgan fingerprint density at radius 2 is 0.714 bits per heavy atom. The average Bonchev–Trinajstić information content (AvgIpc) is 3.62. The van der Waals surface area contributed by atoms with Crippen LogP contribution in [0.5, 0.6) is 0 Å². The molecule has 0 saturated carbocycles. The van der Waals surface area contributed by atoms with Gasteiger partial charge in [-0.1, -0.05) is 192 Å². The van der Waals surface area contributed by atoms with Crippen LogP contribution in [0.25, 0.3) is 0 Å². The van der Waals surface area contributed by atoms with Gasteiger partial charge in [-0.25, -0.2) is 0 Å². The molecule has 0 amide bonds. The minimum absolute atomic E-state index is 0.0229. The monoisotopic (exact) mass is 1000 g/mol. The molecular weight excluding hydrogens is 949 g/mol. The first-order chi connectivity index (χ1) is 37.7. The number of rotatable bonds is 6. The van der Waals surface area contributed by atoms with Crippen LogP contribution in [0.2, 0.25) is 0 Å². The number of para-hydroxylation sites is 7. The fourth-order valence-corrected chi connectivity index (χ4v) is 15.7. The van der Waals surface area contributed by atoms with E-state index in [4.69, 9.17) is 0 Å². The second-order valence-electron chi connectivity index (χ2n) is 22.9. The van der Waals surface area contributed by atoms with Crippen LogP contribution in [0, 0.1) is 0 Å². The minimum Gasteiger partial charge on any atom is -0.312 e. The number of hydrogen-bond acceptors (Lipinski definition) is 5. The van der Waals surface area contributed by atoms with E-state index >= 15 is 0 Å². The third-order valence-corrected chi connectivity index (χ3v) is 18.9. The van der Waals surface area contributed by atoms with E-state index in [0.717, 1.165) is 11.4 Å². The summed E-state index contributed by atoms with van der Waals surface area (Å²) in [6.07, 6.45) is 0. The molecule has 0 radical (unpaired) electrons. The molecule has 366 valence electrons. The molecule has 4 nitrogen and oxygen atoms in total. The lowest BCUT2D eigenvalue weighted by atomic mass is 9.28. The van der Waals surface area contributed by atoms with Gasteiger partial charge in [0.2, 0.25) is 6.71 Å². The number of fused-ring (bicyclic) bond motifs is 14. The predicted octanol–water partition coefficient (Wildman–Crippen LogP) is 12.5. The number of benzene rings is 10. The highest BCUT2D eigenvalue weighted by Gasteiger charge is 2.53. The molecule has 0 N–H and O–H groups in total. The zero-order valence-corrected chi connectivity index (χ0v) is 45.1. The third kappa shape index (κ3) is 6.22. The van der Waals surface area contributed by atoms with Crippen molar-refractivity contribution >= 4 is 149 Å². The van der Waals surface area contributed by atoms with Gasteiger partial charge in [0.25, 0.3) is 13.4 Å². The Balaban J connectivity index is 1.06. The van der Waals surface area contributed by atoms with Gasteiger partial charge in [0, 0.05) is 66.7 Å². The molecule has 0 saturated heterocycles. The normalized spacial score (nSPS) is 14.5. The van der Waals surface area contributed by atoms with Crippen LogP contribution in [-0.4, -0.2) is 20.1 Å². The Morgan fingerprint density at radius 3 is 1.27 bits per heavy atom. The van der Waals surface area contributed by atoms with Crippen LogP contribution in [-0.2, 0) is 0 Å².